The smallest absolute Gasteiger partial charge is 0.326 e. The highest BCUT2D eigenvalue weighted by Crippen LogP contribution is 2.26. The first-order valence-electron chi connectivity index (χ1n) is 8.99. The predicted molar refractivity (Wildman–Crippen MR) is 96.5 cm³/mol. The maximum atomic E-state index is 12.5. The number of aryl methyl sites for hydroxylation is 2. The van der Waals surface area contributed by atoms with Gasteiger partial charge in [0.15, 0.2) is 11.7 Å². The molecule has 1 fully saturated rings. The van der Waals surface area contributed by atoms with E-state index >= 15 is 0 Å². The third-order valence-corrected chi connectivity index (χ3v) is 4.90. The molecule has 2 unspecified atom stereocenters. The van der Waals surface area contributed by atoms with Gasteiger partial charge in [0.25, 0.3) is 0 Å². The zero-order valence-electron chi connectivity index (χ0n) is 15.1. The molecule has 1 amide bonds. The van der Waals surface area contributed by atoms with Crippen molar-refractivity contribution in [2.24, 2.45) is 5.92 Å². The first-order valence-corrected chi connectivity index (χ1v) is 8.99. The standard InChI is InChI=1S/C20H24N2O4/c1-13-10-11-22(16(12-13)20(24)25)18(23)9-8-17-21-14(2)19(26-17)15-6-4-3-5-7-15/h3-7,13,16H,8-12H2,1-2H3,(H,24,25). The van der Waals surface area contributed by atoms with Gasteiger partial charge in [-0.1, -0.05) is 37.3 Å². The highest BCUT2D eigenvalue weighted by molar-refractivity contribution is 5.84. The van der Waals surface area contributed by atoms with Crippen LogP contribution in [0.4, 0.5) is 0 Å². The lowest BCUT2D eigenvalue weighted by atomic mass is 9.92. The van der Waals surface area contributed by atoms with Crippen LogP contribution in [0.3, 0.4) is 0 Å². The van der Waals surface area contributed by atoms with Crippen molar-refractivity contribution in [3.63, 3.8) is 0 Å². The predicted octanol–water partition coefficient (Wildman–Crippen LogP) is 3.29. The van der Waals surface area contributed by atoms with E-state index in [9.17, 15) is 14.7 Å². The molecule has 138 valence electrons. The first kappa shape index (κ1) is 18.2. The zero-order valence-corrected chi connectivity index (χ0v) is 15.1. The molecule has 1 aromatic carbocycles. The number of piperidine rings is 1. The molecule has 1 saturated heterocycles. The highest BCUT2D eigenvalue weighted by Gasteiger charge is 2.34. The van der Waals surface area contributed by atoms with E-state index in [1.54, 1.807) is 0 Å². The number of oxazole rings is 1. The van der Waals surface area contributed by atoms with Crippen LogP contribution in [0.1, 0.15) is 37.8 Å². The molecule has 3 rings (SSSR count). The Morgan fingerprint density at radius 3 is 2.73 bits per heavy atom. The summed E-state index contributed by atoms with van der Waals surface area (Å²) in [6.07, 6.45) is 1.92. The zero-order chi connectivity index (χ0) is 18.7. The minimum absolute atomic E-state index is 0.151. The van der Waals surface area contributed by atoms with Crippen molar-refractivity contribution in [2.45, 2.75) is 45.6 Å². The molecule has 6 nitrogen and oxygen atoms in total. The van der Waals surface area contributed by atoms with Crippen LogP contribution in [0.25, 0.3) is 11.3 Å². The summed E-state index contributed by atoms with van der Waals surface area (Å²) in [6, 6.07) is 8.99. The minimum Gasteiger partial charge on any atom is -0.480 e. The first-order chi connectivity index (χ1) is 12.5. The van der Waals surface area contributed by atoms with Crippen molar-refractivity contribution in [1.29, 1.82) is 0 Å². The Balaban J connectivity index is 1.65. The van der Waals surface area contributed by atoms with Crippen molar-refractivity contribution >= 4 is 11.9 Å². The number of carboxylic acids is 1. The van der Waals surface area contributed by atoms with Crippen LogP contribution >= 0.6 is 0 Å². The molecule has 2 aromatic rings. The summed E-state index contributed by atoms with van der Waals surface area (Å²) < 4.78 is 5.83. The molecule has 2 atom stereocenters. The van der Waals surface area contributed by atoms with Gasteiger partial charge in [0.2, 0.25) is 5.91 Å². The molecule has 1 aliphatic rings. The Kier molecular flexibility index (Phi) is 5.40. The van der Waals surface area contributed by atoms with E-state index in [2.05, 4.69) is 4.98 Å². The van der Waals surface area contributed by atoms with Gasteiger partial charge in [0, 0.05) is 24.9 Å². The van der Waals surface area contributed by atoms with Gasteiger partial charge in [0.1, 0.15) is 6.04 Å². The van der Waals surface area contributed by atoms with Crippen molar-refractivity contribution in [3.05, 3.63) is 41.9 Å². The van der Waals surface area contributed by atoms with Gasteiger partial charge in [-0.3, -0.25) is 4.79 Å². The molecule has 0 aliphatic carbocycles. The number of nitrogens with zero attached hydrogens (tertiary/aromatic N) is 2. The van der Waals surface area contributed by atoms with Crippen molar-refractivity contribution in [2.75, 3.05) is 6.54 Å². The molecule has 1 aliphatic heterocycles. The second kappa shape index (κ2) is 7.72. The lowest BCUT2D eigenvalue weighted by Gasteiger charge is -2.36. The average Bonchev–Trinajstić information content (AvgIpc) is 3.01. The summed E-state index contributed by atoms with van der Waals surface area (Å²) in [5, 5.41) is 9.40. The van der Waals surface area contributed by atoms with Crippen LogP contribution in [0.5, 0.6) is 0 Å². The number of carbonyl (C=O) groups excluding carboxylic acids is 1. The minimum atomic E-state index is -0.928. The molecule has 6 heteroatoms. The molecule has 1 N–H and O–H groups in total. The Morgan fingerprint density at radius 1 is 1.31 bits per heavy atom. The number of aliphatic carboxylic acids is 1. The third-order valence-electron chi connectivity index (χ3n) is 4.90. The van der Waals surface area contributed by atoms with E-state index in [1.165, 1.54) is 4.90 Å². The van der Waals surface area contributed by atoms with Gasteiger partial charge in [0.05, 0.1) is 5.69 Å². The van der Waals surface area contributed by atoms with Gasteiger partial charge in [-0.2, -0.15) is 0 Å². The lowest BCUT2D eigenvalue weighted by Crippen LogP contribution is -2.49. The quantitative estimate of drug-likeness (QED) is 0.889. The van der Waals surface area contributed by atoms with Crippen molar-refractivity contribution in [3.8, 4) is 11.3 Å². The van der Waals surface area contributed by atoms with Crippen LogP contribution in [-0.4, -0.2) is 39.5 Å². The van der Waals surface area contributed by atoms with Gasteiger partial charge in [-0.05, 0) is 25.7 Å². The molecule has 0 radical (unpaired) electrons. The Hall–Kier alpha value is -2.63. The largest absolute Gasteiger partial charge is 0.480 e. The van der Waals surface area contributed by atoms with Gasteiger partial charge >= 0.3 is 5.97 Å². The maximum Gasteiger partial charge on any atom is 0.326 e. The van der Waals surface area contributed by atoms with Crippen LogP contribution in [0.2, 0.25) is 0 Å². The fraction of sp³-hybridized carbons (Fsp3) is 0.450. The van der Waals surface area contributed by atoms with Crippen LogP contribution in [-0.2, 0) is 16.0 Å². The molecule has 26 heavy (non-hydrogen) atoms. The van der Waals surface area contributed by atoms with E-state index < -0.39 is 12.0 Å². The topological polar surface area (TPSA) is 83.6 Å². The molecule has 0 bridgehead atoms. The SMILES string of the molecule is Cc1nc(CCC(=O)N2CCC(C)CC2C(=O)O)oc1-c1ccccc1. The summed E-state index contributed by atoms with van der Waals surface area (Å²) in [4.78, 5) is 29.9. The van der Waals surface area contributed by atoms with Crippen LogP contribution in [0, 0.1) is 12.8 Å². The lowest BCUT2D eigenvalue weighted by molar-refractivity contribution is -0.153. The van der Waals surface area contributed by atoms with Gasteiger partial charge < -0.3 is 14.4 Å². The average molecular weight is 356 g/mol. The fourth-order valence-electron chi connectivity index (χ4n) is 3.45. The van der Waals surface area contributed by atoms with E-state index in [0.717, 1.165) is 17.7 Å². The van der Waals surface area contributed by atoms with Crippen molar-refractivity contribution < 1.29 is 19.1 Å². The normalized spacial score (nSPS) is 20.2. The number of carbonyl (C=O) groups is 2. The summed E-state index contributed by atoms with van der Waals surface area (Å²) in [7, 11) is 0. The summed E-state index contributed by atoms with van der Waals surface area (Å²) in [5.41, 5.74) is 1.74. The molecule has 0 spiro atoms. The molecule has 0 saturated carbocycles. The van der Waals surface area contributed by atoms with Gasteiger partial charge in [-0.25, -0.2) is 9.78 Å². The maximum absolute atomic E-state index is 12.5. The Labute approximate surface area is 152 Å². The van der Waals surface area contributed by atoms with E-state index in [1.807, 2.05) is 44.2 Å². The number of carboxylic acid groups (broad SMARTS) is 1. The number of hydrogen-bond acceptors (Lipinski definition) is 4. The number of hydrogen-bond donors (Lipinski definition) is 1. The number of benzene rings is 1. The summed E-state index contributed by atoms with van der Waals surface area (Å²) >= 11 is 0. The summed E-state index contributed by atoms with van der Waals surface area (Å²) in [5.74, 6) is 0.461. The third kappa shape index (κ3) is 3.95. The van der Waals surface area contributed by atoms with Gasteiger partial charge in [-0.15, -0.1) is 0 Å². The fourth-order valence-corrected chi connectivity index (χ4v) is 3.45. The number of amides is 1. The number of likely N-dealkylation sites (tertiary alicyclic amines) is 1. The Bertz CT molecular complexity index is 784. The molecule has 2 heterocycles. The second-order valence-electron chi connectivity index (χ2n) is 6.96. The highest BCUT2D eigenvalue weighted by atomic mass is 16.4. The monoisotopic (exact) mass is 356 g/mol. The molecular formula is C20H24N2O4. The number of rotatable bonds is 5. The van der Waals surface area contributed by atoms with Crippen molar-refractivity contribution in [1.82, 2.24) is 9.88 Å². The van der Waals surface area contributed by atoms with E-state index in [-0.39, 0.29) is 12.3 Å². The summed E-state index contributed by atoms with van der Waals surface area (Å²) in [6.45, 7) is 4.40. The van der Waals surface area contributed by atoms with Crippen LogP contribution < -0.4 is 0 Å². The second-order valence-corrected chi connectivity index (χ2v) is 6.96. The molecule has 1 aromatic heterocycles. The number of aromatic nitrogens is 1. The van der Waals surface area contributed by atoms with E-state index in [0.29, 0.717) is 37.0 Å². The van der Waals surface area contributed by atoms with Crippen LogP contribution in [0.15, 0.2) is 34.7 Å². The molecular weight excluding hydrogens is 332 g/mol. The Morgan fingerprint density at radius 2 is 2.04 bits per heavy atom. The van der Waals surface area contributed by atoms with E-state index in [4.69, 9.17) is 4.42 Å².